The minimum atomic E-state index is -0.568. The summed E-state index contributed by atoms with van der Waals surface area (Å²) >= 11 is 1.59. The predicted molar refractivity (Wildman–Crippen MR) is 118 cm³/mol. The maximum Gasteiger partial charge on any atom is 0.252 e. The number of nitrogens with one attached hydrogen (secondary N) is 1. The molecule has 152 valence electrons. The van der Waals surface area contributed by atoms with Crippen molar-refractivity contribution in [2.45, 2.75) is 39.8 Å². The van der Waals surface area contributed by atoms with Gasteiger partial charge in [-0.05, 0) is 43.0 Å². The first-order valence-corrected chi connectivity index (χ1v) is 10.6. The molecule has 0 fully saturated rings. The van der Waals surface area contributed by atoms with Gasteiger partial charge in [0.05, 0.1) is 16.8 Å². The molecule has 0 unspecified atom stereocenters. The van der Waals surface area contributed by atoms with Gasteiger partial charge in [0.2, 0.25) is 5.91 Å². The molecule has 0 spiro atoms. The third kappa shape index (κ3) is 5.21. The lowest BCUT2D eigenvalue weighted by molar-refractivity contribution is -0.132. The Kier molecular flexibility index (Phi) is 6.64. The Bertz CT molecular complexity index is 979. The minimum absolute atomic E-state index is 0.0973. The van der Waals surface area contributed by atoms with Gasteiger partial charge in [-0.2, -0.15) is 0 Å². The molecule has 1 atom stereocenters. The molecule has 0 aliphatic heterocycles. The van der Waals surface area contributed by atoms with Crippen LogP contribution in [0.3, 0.4) is 0 Å². The number of carbonyl (C=O) groups is 2. The van der Waals surface area contributed by atoms with Gasteiger partial charge in [-0.3, -0.25) is 9.59 Å². The highest BCUT2D eigenvalue weighted by Crippen LogP contribution is 2.23. The fourth-order valence-corrected chi connectivity index (χ4v) is 4.31. The Labute approximate surface area is 175 Å². The van der Waals surface area contributed by atoms with Crippen LogP contribution in [-0.4, -0.2) is 34.8 Å². The van der Waals surface area contributed by atoms with E-state index in [0.717, 1.165) is 20.8 Å². The molecule has 3 aromatic rings. The van der Waals surface area contributed by atoms with Crippen LogP contribution in [0, 0.1) is 12.8 Å². The number of aromatic nitrogens is 1. The summed E-state index contributed by atoms with van der Waals surface area (Å²) in [7, 11) is 1.77. The molecule has 1 aromatic heterocycles. The number of hydrogen-bond donors (Lipinski definition) is 1. The van der Waals surface area contributed by atoms with Gasteiger partial charge in [-0.15, -0.1) is 11.3 Å². The molecule has 1 N–H and O–H groups in total. The first kappa shape index (κ1) is 21.0. The number of fused-ring (bicyclic) bond motifs is 1. The van der Waals surface area contributed by atoms with E-state index < -0.39 is 6.04 Å². The maximum absolute atomic E-state index is 13.1. The highest BCUT2D eigenvalue weighted by molar-refractivity contribution is 7.18. The van der Waals surface area contributed by atoms with E-state index in [1.807, 2.05) is 63.2 Å². The lowest BCUT2D eigenvalue weighted by Crippen LogP contribution is -2.47. The van der Waals surface area contributed by atoms with Gasteiger partial charge in [-0.1, -0.05) is 44.2 Å². The lowest BCUT2D eigenvalue weighted by atomic mass is 10.0. The Hall–Kier alpha value is -2.73. The number of amides is 2. The number of benzene rings is 2. The molecule has 0 aliphatic rings. The molecule has 0 saturated carbocycles. The van der Waals surface area contributed by atoms with E-state index in [9.17, 15) is 9.59 Å². The van der Waals surface area contributed by atoms with Crippen LogP contribution >= 0.6 is 11.3 Å². The van der Waals surface area contributed by atoms with Crippen molar-refractivity contribution in [3.63, 3.8) is 0 Å². The third-order valence-electron chi connectivity index (χ3n) is 4.79. The second kappa shape index (κ2) is 9.18. The van der Waals surface area contributed by atoms with Gasteiger partial charge in [0.15, 0.2) is 0 Å². The van der Waals surface area contributed by atoms with Crippen molar-refractivity contribution in [1.82, 2.24) is 15.2 Å². The van der Waals surface area contributed by atoms with Crippen LogP contribution in [0.4, 0.5) is 0 Å². The van der Waals surface area contributed by atoms with Crippen molar-refractivity contribution in [3.8, 4) is 0 Å². The zero-order valence-corrected chi connectivity index (χ0v) is 18.1. The summed E-state index contributed by atoms with van der Waals surface area (Å²) in [4.78, 5) is 32.2. The largest absolute Gasteiger partial charge is 0.340 e. The molecule has 2 amide bonds. The zero-order chi connectivity index (χ0) is 21.0. The minimum Gasteiger partial charge on any atom is -0.340 e. The van der Waals surface area contributed by atoms with Crippen molar-refractivity contribution in [2.75, 3.05) is 7.05 Å². The van der Waals surface area contributed by atoms with E-state index in [-0.39, 0.29) is 17.7 Å². The predicted octanol–water partition coefficient (Wildman–Crippen LogP) is 4.41. The van der Waals surface area contributed by atoms with Crippen LogP contribution in [0.2, 0.25) is 0 Å². The monoisotopic (exact) mass is 409 g/mol. The van der Waals surface area contributed by atoms with Crippen LogP contribution in [0.1, 0.15) is 41.2 Å². The Morgan fingerprint density at radius 2 is 1.79 bits per heavy atom. The topological polar surface area (TPSA) is 62.3 Å². The van der Waals surface area contributed by atoms with Crippen molar-refractivity contribution >= 4 is 33.4 Å². The second-order valence-electron chi connectivity index (χ2n) is 7.74. The van der Waals surface area contributed by atoms with Crippen LogP contribution in [0.25, 0.3) is 10.2 Å². The average Bonchev–Trinajstić information content (AvgIpc) is 3.09. The van der Waals surface area contributed by atoms with E-state index >= 15 is 0 Å². The van der Waals surface area contributed by atoms with Crippen molar-refractivity contribution in [1.29, 1.82) is 0 Å². The summed E-state index contributed by atoms with van der Waals surface area (Å²) in [5.74, 6) is -0.0349. The number of para-hydroxylation sites is 1. The number of aryl methyl sites for hydroxylation is 1. The molecular weight excluding hydrogens is 382 g/mol. The maximum atomic E-state index is 13.1. The van der Waals surface area contributed by atoms with Crippen LogP contribution in [-0.2, 0) is 11.3 Å². The highest BCUT2D eigenvalue weighted by Gasteiger charge is 2.26. The second-order valence-corrected chi connectivity index (χ2v) is 8.86. The molecule has 0 radical (unpaired) electrons. The van der Waals surface area contributed by atoms with E-state index in [1.165, 1.54) is 0 Å². The number of carbonyl (C=O) groups excluding carboxylic acids is 2. The normalized spacial score (nSPS) is 12.2. The standard InChI is InChI=1S/C23H27N3O2S/c1-15(2)13-19(25-22(27)17-10-6-5-9-16(17)3)23(28)26(4)14-21-24-18-11-7-8-12-20(18)29-21/h5-12,15,19H,13-14H2,1-4H3,(H,25,27)/t19-/m1/s1. The zero-order valence-electron chi connectivity index (χ0n) is 17.3. The van der Waals surface area contributed by atoms with Gasteiger partial charge >= 0.3 is 0 Å². The molecule has 5 nitrogen and oxygen atoms in total. The summed E-state index contributed by atoms with van der Waals surface area (Å²) in [6.07, 6.45) is 0.584. The summed E-state index contributed by atoms with van der Waals surface area (Å²) in [5.41, 5.74) is 2.44. The van der Waals surface area contributed by atoms with Crippen LogP contribution < -0.4 is 5.32 Å². The average molecular weight is 410 g/mol. The summed E-state index contributed by atoms with van der Waals surface area (Å²) in [6.45, 7) is 6.42. The van der Waals surface area contributed by atoms with Gasteiger partial charge in [0.1, 0.15) is 11.0 Å². The number of thiazole rings is 1. The van der Waals surface area contributed by atoms with E-state index in [4.69, 9.17) is 0 Å². The SMILES string of the molecule is Cc1ccccc1C(=O)N[C@H](CC(C)C)C(=O)N(C)Cc1nc2ccccc2s1. The molecule has 0 bridgehead atoms. The Balaban J connectivity index is 1.73. The van der Waals surface area contributed by atoms with Gasteiger partial charge < -0.3 is 10.2 Å². The lowest BCUT2D eigenvalue weighted by Gasteiger charge is -2.25. The van der Waals surface area contributed by atoms with Crippen LogP contribution in [0.15, 0.2) is 48.5 Å². The van der Waals surface area contributed by atoms with E-state index in [1.54, 1.807) is 29.4 Å². The molecule has 6 heteroatoms. The summed E-state index contributed by atoms with van der Waals surface area (Å²) in [5, 5.41) is 3.84. The summed E-state index contributed by atoms with van der Waals surface area (Å²) in [6, 6.07) is 14.8. The smallest absolute Gasteiger partial charge is 0.252 e. The highest BCUT2D eigenvalue weighted by atomic mass is 32.1. The number of nitrogens with zero attached hydrogens (tertiary/aromatic N) is 2. The third-order valence-corrected chi connectivity index (χ3v) is 5.81. The molecule has 0 aliphatic carbocycles. The first-order valence-electron chi connectivity index (χ1n) is 9.81. The van der Waals surface area contributed by atoms with Crippen molar-refractivity contribution < 1.29 is 9.59 Å². The quantitative estimate of drug-likeness (QED) is 0.629. The number of likely N-dealkylation sites (N-methyl/N-ethyl adjacent to an activating group) is 1. The first-order chi connectivity index (χ1) is 13.8. The number of rotatable bonds is 7. The summed E-state index contributed by atoms with van der Waals surface area (Å²) < 4.78 is 1.11. The Morgan fingerprint density at radius 1 is 1.10 bits per heavy atom. The van der Waals surface area contributed by atoms with Crippen molar-refractivity contribution in [2.24, 2.45) is 5.92 Å². The molecule has 2 aromatic carbocycles. The van der Waals surface area contributed by atoms with Gasteiger partial charge in [0, 0.05) is 12.6 Å². The molecule has 3 rings (SSSR count). The Morgan fingerprint density at radius 3 is 2.48 bits per heavy atom. The van der Waals surface area contributed by atoms with E-state index in [0.29, 0.717) is 18.5 Å². The van der Waals surface area contributed by atoms with Gasteiger partial charge in [-0.25, -0.2) is 4.98 Å². The fourth-order valence-electron chi connectivity index (χ4n) is 3.29. The molecule has 0 saturated heterocycles. The molecule has 1 heterocycles. The fraction of sp³-hybridized carbons (Fsp3) is 0.348. The van der Waals surface area contributed by atoms with Crippen molar-refractivity contribution in [3.05, 3.63) is 64.7 Å². The number of hydrogen-bond acceptors (Lipinski definition) is 4. The molecular formula is C23H27N3O2S. The van der Waals surface area contributed by atoms with Gasteiger partial charge in [0.25, 0.3) is 5.91 Å². The molecule has 29 heavy (non-hydrogen) atoms. The van der Waals surface area contributed by atoms with E-state index in [2.05, 4.69) is 10.3 Å². The van der Waals surface area contributed by atoms with Crippen LogP contribution in [0.5, 0.6) is 0 Å².